The van der Waals surface area contributed by atoms with Gasteiger partial charge in [0.25, 0.3) is 0 Å². The predicted molar refractivity (Wildman–Crippen MR) is 30.6 cm³/mol. The maximum absolute atomic E-state index is 10.2. The van der Waals surface area contributed by atoms with Gasteiger partial charge in [0, 0.05) is 6.61 Å². The van der Waals surface area contributed by atoms with Gasteiger partial charge in [-0.25, -0.2) is 0 Å². The average Bonchev–Trinajstić information content (AvgIpc) is 1.61. The fourth-order valence-electron chi connectivity index (χ4n) is 0.201. The Morgan fingerprint density at radius 1 is 1.71 bits per heavy atom. The summed E-state index contributed by atoms with van der Waals surface area (Å²) in [5, 5.41) is 0. The molecule has 0 aliphatic heterocycles. The Morgan fingerprint density at radius 3 is 2.43 bits per heavy atom. The largest absolute Gasteiger partial charge is 0.615 e. The van der Waals surface area contributed by atoms with Crippen molar-refractivity contribution in [3.63, 3.8) is 0 Å². The van der Waals surface area contributed by atoms with Crippen LogP contribution in [0.3, 0.4) is 0 Å². The third-order valence-corrected chi connectivity index (χ3v) is 0.952. The van der Waals surface area contributed by atoms with E-state index in [1.807, 2.05) is 6.92 Å². The van der Waals surface area contributed by atoms with Gasteiger partial charge in [0.1, 0.15) is 0 Å². The third kappa shape index (κ3) is 6.27. The molecule has 0 heterocycles. The molecule has 0 saturated heterocycles. The van der Waals surface area contributed by atoms with Gasteiger partial charge < -0.3 is 9.29 Å². The van der Waals surface area contributed by atoms with Gasteiger partial charge >= 0.3 is 0 Å². The van der Waals surface area contributed by atoms with Crippen LogP contribution in [-0.4, -0.2) is 23.4 Å². The summed E-state index contributed by atoms with van der Waals surface area (Å²) in [4.78, 5) is 0. The normalized spacial score (nSPS) is 14.1. The van der Waals surface area contributed by atoms with Crippen molar-refractivity contribution in [1.82, 2.24) is 0 Å². The lowest BCUT2D eigenvalue weighted by atomic mass is 10.9. The molecule has 1 unspecified atom stereocenters. The first-order chi connectivity index (χ1) is 3.27. The SMILES string of the molecule is CCOC[S+](C)[O-]. The molecular formula is C4H10O2S. The number of rotatable bonds is 3. The number of hydrogen-bond donors (Lipinski definition) is 0. The van der Waals surface area contributed by atoms with E-state index in [4.69, 9.17) is 4.74 Å². The highest BCUT2D eigenvalue weighted by Crippen LogP contribution is 1.82. The molecule has 0 aromatic rings. The van der Waals surface area contributed by atoms with E-state index in [2.05, 4.69) is 0 Å². The second-order valence-corrected chi connectivity index (χ2v) is 2.57. The Kier molecular flexibility index (Phi) is 4.60. The van der Waals surface area contributed by atoms with Crippen molar-refractivity contribution >= 4 is 11.2 Å². The molecular weight excluding hydrogens is 112 g/mol. The van der Waals surface area contributed by atoms with Crippen molar-refractivity contribution in [3.8, 4) is 0 Å². The van der Waals surface area contributed by atoms with Crippen molar-refractivity contribution in [2.24, 2.45) is 0 Å². The van der Waals surface area contributed by atoms with Crippen LogP contribution >= 0.6 is 0 Å². The van der Waals surface area contributed by atoms with E-state index in [9.17, 15) is 4.55 Å². The second kappa shape index (κ2) is 4.43. The monoisotopic (exact) mass is 122 g/mol. The lowest BCUT2D eigenvalue weighted by molar-refractivity contribution is 0.193. The number of ether oxygens (including phenoxy) is 1. The molecule has 0 amide bonds. The highest BCUT2D eigenvalue weighted by atomic mass is 32.2. The van der Waals surface area contributed by atoms with E-state index in [1.54, 1.807) is 6.26 Å². The molecule has 0 aliphatic rings. The minimum Gasteiger partial charge on any atom is -0.615 e. The summed E-state index contributed by atoms with van der Waals surface area (Å²) in [5.74, 6) is 0.372. The molecule has 1 atom stereocenters. The molecule has 0 fully saturated rings. The van der Waals surface area contributed by atoms with Gasteiger partial charge in [0.05, 0.1) is 6.26 Å². The van der Waals surface area contributed by atoms with Gasteiger partial charge in [0.15, 0.2) is 0 Å². The van der Waals surface area contributed by atoms with Crippen LogP contribution in [0, 0.1) is 0 Å². The highest BCUT2D eigenvalue weighted by Gasteiger charge is 1.90. The molecule has 0 saturated carbocycles. The first-order valence-corrected chi connectivity index (χ1v) is 3.88. The second-order valence-electron chi connectivity index (χ2n) is 1.18. The fourth-order valence-corrected chi connectivity index (χ4v) is 0.602. The molecule has 0 aromatic carbocycles. The van der Waals surface area contributed by atoms with E-state index in [0.717, 1.165) is 0 Å². The summed E-state index contributed by atoms with van der Waals surface area (Å²) in [5.41, 5.74) is 0. The maximum atomic E-state index is 10.2. The van der Waals surface area contributed by atoms with Crippen molar-refractivity contribution in [1.29, 1.82) is 0 Å². The molecule has 0 rings (SSSR count). The molecule has 0 aromatic heterocycles. The highest BCUT2D eigenvalue weighted by molar-refractivity contribution is 7.90. The van der Waals surface area contributed by atoms with E-state index < -0.39 is 11.2 Å². The Labute approximate surface area is 47.0 Å². The third-order valence-electron chi connectivity index (χ3n) is 0.453. The standard InChI is InChI=1S/C4H10O2S/c1-3-6-4-7(2)5/h3-4H2,1-2H3. The van der Waals surface area contributed by atoms with Gasteiger partial charge in [-0.05, 0) is 18.1 Å². The van der Waals surface area contributed by atoms with Crippen LogP contribution in [0.2, 0.25) is 0 Å². The van der Waals surface area contributed by atoms with E-state index in [1.165, 1.54) is 0 Å². The Morgan fingerprint density at radius 2 is 2.29 bits per heavy atom. The minimum absolute atomic E-state index is 0.372. The van der Waals surface area contributed by atoms with Crippen molar-refractivity contribution in [2.45, 2.75) is 6.92 Å². The van der Waals surface area contributed by atoms with Crippen LogP contribution in [0.4, 0.5) is 0 Å². The molecule has 0 aliphatic carbocycles. The summed E-state index contributed by atoms with van der Waals surface area (Å²) in [6.07, 6.45) is 1.62. The van der Waals surface area contributed by atoms with E-state index in [0.29, 0.717) is 12.5 Å². The quantitative estimate of drug-likeness (QED) is 0.506. The van der Waals surface area contributed by atoms with Crippen molar-refractivity contribution in [2.75, 3.05) is 18.8 Å². The van der Waals surface area contributed by atoms with Crippen LogP contribution in [0.5, 0.6) is 0 Å². The Balaban J connectivity index is 2.68. The van der Waals surface area contributed by atoms with Gasteiger partial charge in [-0.2, -0.15) is 0 Å². The summed E-state index contributed by atoms with van der Waals surface area (Å²) < 4.78 is 15.0. The zero-order chi connectivity index (χ0) is 5.70. The smallest absolute Gasteiger partial charge is 0.205 e. The van der Waals surface area contributed by atoms with Gasteiger partial charge in [0.2, 0.25) is 5.94 Å². The molecule has 0 N–H and O–H groups in total. The van der Waals surface area contributed by atoms with Crippen LogP contribution < -0.4 is 0 Å². The fraction of sp³-hybridized carbons (Fsp3) is 1.00. The summed E-state index contributed by atoms with van der Waals surface area (Å²) in [6, 6.07) is 0. The predicted octanol–water partition coefficient (Wildman–Crippen LogP) is 0.359. The van der Waals surface area contributed by atoms with Crippen LogP contribution in [-0.2, 0) is 15.9 Å². The molecule has 0 bridgehead atoms. The lowest BCUT2D eigenvalue weighted by Gasteiger charge is -2.01. The summed E-state index contributed by atoms with van der Waals surface area (Å²) in [7, 11) is 0. The van der Waals surface area contributed by atoms with E-state index >= 15 is 0 Å². The first-order valence-electron chi connectivity index (χ1n) is 2.15. The molecule has 3 heteroatoms. The zero-order valence-electron chi connectivity index (χ0n) is 4.64. The summed E-state index contributed by atoms with van der Waals surface area (Å²) in [6.45, 7) is 2.53. The van der Waals surface area contributed by atoms with Crippen molar-refractivity contribution in [3.05, 3.63) is 0 Å². The number of hydrogen-bond acceptors (Lipinski definition) is 2. The van der Waals surface area contributed by atoms with E-state index in [-0.39, 0.29) is 0 Å². The molecule has 44 valence electrons. The van der Waals surface area contributed by atoms with Gasteiger partial charge in [-0.3, -0.25) is 0 Å². The van der Waals surface area contributed by atoms with Gasteiger partial charge in [-0.1, -0.05) is 0 Å². The van der Waals surface area contributed by atoms with Crippen LogP contribution in [0.25, 0.3) is 0 Å². The Hall–Kier alpha value is 0.270. The lowest BCUT2D eigenvalue weighted by Crippen LogP contribution is -2.06. The maximum Gasteiger partial charge on any atom is 0.205 e. The van der Waals surface area contributed by atoms with Crippen LogP contribution in [0.1, 0.15) is 6.92 Å². The topological polar surface area (TPSA) is 32.3 Å². The van der Waals surface area contributed by atoms with Crippen molar-refractivity contribution < 1.29 is 9.29 Å². The molecule has 7 heavy (non-hydrogen) atoms. The Bertz CT molecular complexity index is 38.7. The first kappa shape index (κ1) is 7.27. The minimum atomic E-state index is -0.788. The zero-order valence-corrected chi connectivity index (χ0v) is 5.46. The summed E-state index contributed by atoms with van der Waals surface area (Å²) >= 11 is -0.788. The van der Waals surface area contributed by atoms with Gasteiger partial charge in [-0.15, -0.1) is 0 Å². The molecule has 2 nitrogen and oxygen atoms in total. The molecule has 0 spiro atoms. The molecule has 0 radical (unpaired) electrons. The van der Waals surface area contributed by atoms with Crippen LogP contribution in [0.15, 0.2) is 0 Å². The average molecular weight is 122 g/mol.